The second-order valence-corrected chi connectivity index (χ2v) is 7.72. The van der Waals surface area contributed by atoms with Crippen molar-refractivity contribution in [3.63, 3.8) is 0 Å². The summed E-state index contributed by atoms with van der Waals surface area (Å²) >= 11 is 5.90. The molecular formula is C24H14ClN3O5. The van der Waals surface area contributed by atoms with Crippen molar-refractivity contribution in [1.29, 1.82) is 0 Å². The van der Waals surface area contributed by atoms with Crippen molar-refractivity contribution in [1.82, 2.24) is 9.38 Å². The number of pyridine rings is 1. The van der Waals surface area contributed by atoms with Crippen LogP contribution in [-0.4, -0.2) is 27.2 Å². The molecule has 1 aliphatic heterocycles. The fourth-order valence-corrected chi connectivity index (χ4v) is 3.78. The van der Waals surface area contributed by atoms with Crippen LogP contribution in [-0.2, 0) is 11.3 Å². The van der Waals surface area contributed by atoms with Crippen LogP contribution in [0.3, 0.4) is 0 Å². The van der Waals surface area contributed by atoms with E-state index in [2.05, 4.69) is 4.98 Å². The topological polar surface area (TPSA) is 98.1 Å². The van der Waals surface area contributed by atoms with Gasteiger partial charge in [0, 0.05) is 12.3 Å². The largest absolute Gasteiger partial charge is 0.456 e. The molecule has 2 aromatic heterocycles. The zero-order valence-corrected chi connectivity index (χ0v) is 17.7. The second kappa shape index (κ2) is 7.99. The van der Waals surface area contributed by atoms with E-state index in [1.807, 2.05) is 0 Å². The average Bonchev–Trinajstić information content (AvgIpc) is 3.08. The van der Waals surface area contributed by atoms with Gasteiger partial charge in [0.1, 0.15) is 12.3 Å². The summed E-state index contributed by atoms with van der Waals surface area (Å²) < 4.78 is 6.60. The molecule has 0 saturated carbocycles. The molecule has 5 rings (SSSR count). The van der Waals surface area contributed by atoms with Crippen LogP contribution in [0.1, 0.15) is 36.8 Å². The van der Waals surface area contributed by atoms with Gasteiger partial charge in [0.2, 0.25) is 0 Å². The first-order valence-electron chi connectivity index (χ1n) is 9.85. The zero-order chi connectivity index (χ0) is 23.1. The summed E-state index contributed by atoms with van der Waals surface area (Å²) in [5, 5.41) is 0.392. The first-order valence-corrected chi connectivity index (χ1v) is 10.2. The summed E-state index contributed by atoms with van der Waals surface area (Å²) in [6.45, 7) is -0.232. The highest BCUT2D eigenvalue weighted by molar-refractivity contribution is 6.34. The van der Waals surface area contributed by atoms with Crippen LogP contribution in [0.5, 0.6) is 0 Å². The number of anilines is 1. The number of hydrogen-bond acceptors (Lipinski definition) is 6. The summed E-state index contributed by atoms with van der Waals surface area (Å²) in [7, 11) is 0. The molecule has 2 aromatic carbocycles. The fourth-order valence-electron chi connectivity index (χ4n) is 3.62. The van der Waals surface area contributed by atoms with Crippen LogP contribution in [0.15, 0.2) is 77.7 Å². The number of rotatable bonds is 4. The maximum Gasteiger partial charge on any atom is 0.338 e. The van der Waals surface area contributed by atoms with E-state index in [9.17, 15) is 19.2 Å². The van der Waals surface area contributed by atoms with Gasteiger partial charge in [0.05, 0.1) is 33.1 Å². The van der Waals surface area contributed by atoms with Gasteiger partial charge in [0.25, 0.3) is 17.4 Å². The summed E-state index contributed by atoms with van der Waals surface area (Å²) in [6.07, 6.45) is 1.45. The van der Waals surface area contributed by atoms with Gasteiger partial charge < -0.3 is 4.74 Å². The maximum atomic E-state index is 12.7. The van der Waals surface area contributed by atoms with Crippen LogP contribution in [0.25, 0.3) is 5.65 Å². The van der Waals surface area contributed by atoms with Crippen LogP contribution < -0.4 is 10.5 Å². The number of imide groups is 1. The Morgan fingerprint density at radius 3 is 2.36 bits per heavy atom. The Morgan fingerprint density at radius 1 is 0.909 bits per heavy atom. The quantitative estimate of drug-likeness (QED) is 0.342. The van der Waals surface area contributed by atoms with E-state index in [1.54, 1.807) is 48.5 Å². The third-order valence-electron chi connectivity index (χ3n) is 5.16. The van der Waals surface area contributed by atoms with Crippen molar-refractivity contribution in [3.05, 3.63) is 111 Å². The lowest BCUT2D eigenvalue weighted by atomic mass is 10.1. The van der Waals surface area contributed by atoms with E-state index in [4.69, 9.17) is 16.3 Å². The Hall–Kier alpha value is -4.30. The molecule has 8 nitrogen and oxygen atoms in total. The second-order valence-electron chi connectivity index (χ2n) is 7.28. The molecule has 1 aliphatic rings. The molecule has 0 spiro atoms. The molecule has 0 atom stereocenters. The Balaban J connectivity index is 1.36. The predicted molar refractivity (Wildman–Crippen MR) is 120 cm³/mol. The van der Waals surface area contributed by atoms with Crippen molar-refractivity contribution in [2.24, 2.45) is 0 Å². The maximum absolute atomic E-state index is 12.7. The lowest BCUT2D eigenvalue weighted by Crippen LogP contribution is -2.29. The highest BCUT2D eigenvalue weighted by Gasteiger charge is 2.36. The molecule has 0 fully saturated rings. The third-order valence-corrected chi connectivity index (χ3v) is 5.39. The minimum atomic E-state index is -0.688. The van der Waals surface area contributed by atoms with Crippen LogP contribution >= 0.6 is 11.6 Å². The van der Waals surface area contributed by atoms with Crippen molar-refractivity contribution < 1.29 is 19.1 Å². The molecule has 0 N–H and O–H groups in total. The molecular weight excluding hydrogens is 446 g/mol. The number of fused-ring (bicyclic) bond motifs is 2. The van der Waals surface area contributed by atoms with E-state index in [1.165, 1.54) is 28.8 Å². The normalized spacial score (nSPS) is 12.8. The van der Waals surface area contributed by atoms with Gasteiger partial charge in [-0.25, -0.2) is 14.7 Å². The van der Waals surface area contributed by atoms with Gasteiger partial charge in [-0.3, -0.25) is 18.8 Å². The molecule has 2 amide bonds. The highest BCUT2D eigenvalue weighted by atomic mass is 35.5. The van der Waals surface area contributed by atoms with Crippen LogP contribution in [0.2, 0.25) is 5.02 Å². The van der Waals surface area contributed by atoms with Crippen molar-refractivity contribution >= 4 is 40.7 Å². The number of ether oxygens (including phenoxy) is 1. The van der Waals surface area contributed by atoms with Gasteiger partial charge in [0.15, 0.2) is 0 Å². The number of carbonyl (C=O) groups is 3. The Morgan fingerprint density at radius 2 is 1.64 bits per heavy atom. The molecule has 3 heterocycles. The number of aromatic nitrogens is 2. The van der Waals surface area contributed by atoms with E-state index >= 15 is 0 Å². The Labute approximate surface area is 191 Å². The molecule has 0 aliphatic carbocycles. The van der Waals surface area contributed by atoms with Gasteiger partial charge >= 0.3 is 5.97 Å². The first-order chi connectivity index (χ1) is 15.9. The van der Waals surface area contributed by atoms with E-state index in [0.29, 0.717) is 21.8 Å². The minimum absolute atomic E-state index is 0.147. The van der Waals surface area contributed by atoms with Crippen molar-refractivity contribution in [3.8, 4) is 0 Å². The number of esters is 1. The molecule has 4 aromatic rings. The van der Waals surface area contributed by atoms with Gasteiger partial charge in [-0.1, -0.05) is 29.8 Å². The Kier molecular flexibility index (Phi) is 4.99. The van der Waals surface area contributed by atoms with E-state index in [-0.39, 0.29) is 29.1 Å². The predicted octanol–water partition coefficient (Wildman–Crippen LogP) is 3.51. The van der Waals surface area contributed by atoms with E-state index in [0.717, 1.165) is 4.90 Å². The SMILES string of the molecule is O=C(OCc1cc(=O)n2cc(Cl)ccc2n1)c1cccc(N2C(=O)c3ccccc3C2=O)c1. The number of amides is 2. The minimum Gasteiger partial charge on any atom is -0.456 e. The molecule has 0 bridgehead atoms. The smallest absolute Gasteiger partial charge is 0.338 e. The number of hydrogen-bond donors (Lipinski definition) is 0. The zero-order valence-electron chi connectivity index (χ0n) is 16.9. The number of nitrogens with zero attached hydrogens (tertiary/aromatic N) is 3. The first kappa shape index (κ1) is 20.6. The van der Waals surface area contributed by atoms with Gasteiger partial charge in [-0.2, -0.15) is 0 Å². The molecule has 162 valence electrons. The number of halogens is 1. The fraction of sp³-hybridized carbons (Fsp3) is 0.0417. The standard InChI is InChI=1S/C24H14ClN3O5/c25-15-8-9-20-26-16(11-21(29)27(20)12-15)13-33-24(32)14-4-3-5-17(10-14)28-22(30)18-6-1-2-7-19(18)23(28)31/h1-12H,13H2. The molecule has 0 unspecified atom stereocenters. The summed E-state index contributed by atoms with van der Waals surface area (Å²) in [6, 6.07) is 17.0. The van der Waals surface area contributed by atoms with Gasteiger partial charge in [-0.15, -0.1) is 0 Å². The number of carbonyl (C=O) groups excluding carboxylic acids is 3. The lowest BCUT2D eigenvalue weighted by Gasteiger charge is -2.15. The average molecular weight is 460 g/mol. The van der Waals surface area contributed by atoms with Crippen LogP contribution in [0, 0.1) is 0 Å². The van der Waals surface area contributed by atoms with E-state index < -0.39 is 17.8 Å². The van der Waals surface area contributed by atoms with Crippen LogP contribution in [0.4, 0.5) is 5.69 Å². The summed E-state index contributed by atoms with van der Waals surface area (Å²) in [5.74, 6) is -1.60. The lowest BCUT2D eigenvalue weighted by molar-refractivity contribution is 0.0467. The summed E-state index contributed by atoms with van der Waals surface area (Å²) in [4.78, 5) is 55.6. The molecule has 9 heteroatoms. The highest BCUT2D eigenvalue weighted by Crippen LogP contribution is 2.28. The molecule has 33 heavy (non-hydrogen) atoms. The number of benzene rings is 2. The summed E-state index contributed by atoms with van der Waals surface area (Å²) in [5.41, 5.74) is 1.30. The Bertz CT molecular complexity index is 1490. The third kappa shape index (κ3) is 3.66. The monoisotopic (exact) mass is 459 g/mol. The van der Waals surface area contributed by atoms with Crippen molar-refractivity contribution in [2.75, 3.05) is 4.90 Å². The molecule has 0 saturated heterocycles. The van der Waals surface area contributed by atoms with Crippen molar-refractivity contribution in [2.45, 2.75) is 6.61 Å². The molecule has 0 radical (unpaired) electrons. The van der Waals surface area contributed by atoms with Gasteiger partial charge in [-0.05, 0) is 42.5 Å².